The van der Waals surface area contributed by atoms with Gasteiger partial charge in [-0.05, 0) is 100 Å². The summed E-state index contributed by atoms with van der Waals surface area (Å²) in [5, 5.41) is 1.04. The van der Waals surface area contributed by atoms with Crippen molar-refractivity contribution in [3.05, 3.63) is 23.8 Å². The van der Waals surface area contributed by atoms with E-state index in [0.29, 0.717) is 22.3 Å². The molecular weight excluding hydrogens is 517 g/mol. The first-order valence-electron chi connectivity index (χ1n) is 15.2. The highest BCUT2D eigenvalue weighted by Gasteiger charge is 2.49. The van der Waals surface area contributed by atoms with E-state index in [4.69, 9.17) is 8.85 Å². The Morgan fingerprint density at radius 3 is 2.26 bits per heavy atom. The molecule has 2 saturated carbocycles. The number of thioether (sulfide) groups is 1. The number of hydrogen-bond donors (Lipinski definition) is 0. The zero-order valence-corrected chi connectivity index (χ0v) is 29.8. The predicted molar refractivity (Wildman–Crippen MR) is 176 cm³/mol. The Balaban J connectivity index is 1.98. The summed E-state index contributed by atoms with van der Waals surface area (Å²) in [6.07, 6.45) is 15.3. The summed E-state index contributed by atoms with van der Waals surface area (Å²) in [5.74, 6) is 9.19. The van der Waals surface area contributed by atoms with Crippen molar-refractivity contribution < 1.29 is 8.85 Å². The molecule has 0 bridgehead atoms. The topological polar surface area (TPSA) is 18.5 Å². The van der Waals surface area contributed by atoms with Crippen molar-refractivity contribution >= 4 is 28.4 Å². The van der Waals surface area contributed by atoms with Crippen LogP contribution in [0.15, 0.2) is 23.8 Å². The molecule has 0 spiro atoms. The molecule has 0 aromatic carbocycles. The Labute approximate surface area is 243 Å². The van der Waals surface area contributed by atoms with Crippen LogP contribution in [0.2, 0.25) is 36.3 Å². The number of fused-ring (bicyclic) bond motifs is 1. The molecule has 2 aliphatic rings. The summed E-state index contributed by atoms with van der Waals surface area (Å²) in [6, 6.07) is 0. The van der Waals surface area contributed by atoms with Gasteiger partial charge >= 0.3 is 0 Å². The van der Waals surface area contributed by atoms with Gasteiger partial charge < -0.3 is 8.85 Å². The van der Waals surface area contributed by atoms with Crippen LogP contribution in [0.3, 0.4) is 0 Å². The lowest BCUT2D eigenvalue weighted by atomic mass is 9.90. The summed E-state index contributed by atoms with van der Waals surface area (Å²) in [6.45, 7) is 28.8. The van der Waals surface area contributed by atoms with Crippen LogP contribution in [-0.2, 0) is 8.85 Å². The highest BCUT2D eigenvalue weighted by molar-refractivity contribution is 8.00. The maximum absolute atomic E-state index is 7.08. The molecule has 0 aliphatic heterocycles. The molecular formula is C33H60O2SSi2. The number of rotatable bonds is 12. The summed E-state index contributed by atoms with van der Waals surface area (Å²) in [7, 11) is -3.41. The first-order chi connectivity index (χ1) is 17.5. The van der Waals surface area contributed by atoms with Crippen molar-refractivity contribution in [2.24, 2.45) is 17.8 Å². The van der Waals surface area contributed by atoms with Crippen molar-refractivity contribution in [3.8, 4) is 11.8 Å². The standard InChI is InChI=1S/C33H60O2SSi2/c1-13-14-22-36-26(2)19-20-29-30-24-27(18-16-15-17-21-34-37(9,10)32(3,4)5)23-28(30)25-31(29)35-38(11,12)33(6,7)8/h18-20,26,28-31H,15-17,21-25H2,1-12H3/b20-19+,27-18+/t26-,28+,29-,30+,31?/m1/s1. The van der Waals surface area contributed by atoms with Crippen molar-refractivity contribution in [2.75, 3.05) is 12.4 Å². The summed E-state index contributed by atoms with van der Waals surface area (Å²) < 4.78 is 13.5. The first-order valence-corrected chi connectivity index (χ1v) is 22.0. The minimum atomic E-state index is -1.80. The van der Waals surface area contributed by atoms with Gasteiger partial charge in [0, 0.05) is 17.8 Å². The summed E-state index contributed by atoms with van der Waals surface area (Å²) in [5.41, 5.74) is 1.70. The Hall–Kier alpha value is -0.256. The van der Waals surface area contributed by atoms with Crippen molar-refractivity contribution in [3.63, 3.8) is 0 Å². The van der Waals surface area contributed by atoms with Crippen LogP contribution in [0.4, 0.5) is 0 Å². The average molecular weight is 577 g/mol. The van der Waals surface area contributed by atoms with Crippen LogP contribution in [0.1, 0.15) is 93.9 Å². The molecule has 5 heteroatoms. The molecule has 5 atom stereocenters. The first kappa shape index (κ1) is 33.9. The fraction of sp³-hybridized carbons (Fsp3) is 0.818. The molecule has 38 heavy (non-hydrogen) atoms. The Morgan fingerprint density at radius 2 is 1.66 bits per heavy atom. The van der Waals surface area contributed by atoms with Gasteiger partial charge in [0.15, 0.2) is 16.6 Å². The van der Waals surface area contributed by atoms with Crippen molar-refractivity contribution in [1.82, 2.24) is 0 Å². The van der Waals surface area contributed by atoms with Crippen molar-refractivity contribution in [1.29, 1.82) is 0 Å². The second kappa shape index (κ2) is 14.1. The summed E-state index contributed by atoms with van der Waals surface area (Å²) >= 11 is 1.94. The minimum Gasteiger partial charge on any atom is -0.417 e. The fourth-order valence-corrected chi connectivity index (χ4v) is 8.42. The van der Waals surface area contributed by atoms with Crippen LogP contribution >= 0.6 is 11.8 Å². The lowest BCUT2D eigenvalue weighted by Crippen LogP contribution is -2.45. The Kier molecular flexibility index (Phi) is 12.6. The van der Waals surface area contributed by atoms with Gasteiger partial charge in [-0.2, -0.15) is 0 Å². The van der Waals surface area contributed by atoms with Crippen LogP contribution in [0.5, 0.6) is 0 Å². The van der Waals surface area contributed by atoms with Gasteiger partial charge in [0.2, 0.25) is 0 Å². The number of hydrogen-bond acceptors (Lipinski definition) is 3. The highest BCUT2D eigenvalue weighted by Crippen LogP contribution is 2.53. The van der Waals surface area contributed by atoms with E-state index in [1.807, 2.05) is 18.7 Å². The van der Waals surface area contributed by atoms with Crippen LogP contribution < -0.4 is 0 Å². The van der Waals surface area contributed by atoms with Gasteiger partial charge in [-0.15, -0.1) is 17.7 Å². The molecule has 2 fully saturated rings. The predicted octanol–water partition coefficient (Wildman–Crippen LogP) is 10.2. The van der Waals surface area contributed by atoms with E-state index in [1.165, 1.54) is 38.5 Å². The molecule has 0 amide bonds. The monoisotopic (exact) mass is 576 g/mol. The third-order valence-electron chi connectivity index (χ3n) is 9.84. The van der Waals surface area contributed by atoms with E-state index in [9.17, 15) is 0 Å². The van der Waals surface area contributed by atoms with E-state index in [-0.39, 0.29) is 5.04 Å². The molecule has 218 valence electrons. The molecule has 2 aliphatic carbocycles. The Morgan fingerprint density at radius 1 is 1.00 bits per heavy atom. The van der Waals surface area contributed by atoms with E-state index in [2.05, 4.69) is 105 Å². The summed E-state index contributed by atoms with van der Waals surface area (Å²) in [4.78, 5) is 0. The van der Waals surface area contributed by atoms with Gasteiger partial charge in [-0.25, -0.2) is 0 Å². The molecule has 0 aromatic rings. The van der Waals surface area contributed by atoms with Crippen LogP contribution in [-0.4, -0.2) is 40.3 Å². The van der Waals surface area contributed by atoms with Gasteiger partial charge in [-0.3, -0.25) is 0 Å². The SMILES string of the molecule is CC#CCS[C@H](C)/C=C/[C@H]1C(O[Si](C)(C)C(C)(C)C)C[C@@H]2C/C(=C\CCCCO[Si](C)(C)C(C)(C)C)C[C@@H]21. The number of unbranched alkanes of at least 4 members (excludes halogenated alkanes) is 2. The van der Waals surface area contributed by atoms with Crippen molar-refractivity contribution in [2.45, 2.75) is 142 Å². The lowest BCUT2D eigenvalue weighted by Gasteiger charge is -2.40. The maximum Gasteiger partial charge on any atom is 0.192 e. The molecule has 0 saturated heterocycles. The normalized spacial score (nSPS) is 26.6. The molecule has 0 aromatic heterocycles. The third kappa shape index (κ3) is 9.69. The van der Waals surface area contributed by atoms with Crippen LogP contribution in [0, 0.1) is 29.6 Å². The Bertz CT molecular complexity index is 866. The molecule has 2 rings (SSSR count). The van der Waals surface area contributed by atoms with Gasteiger partial charge in [0.1, 0.15) is 0 Å². The number of allylic oxidation sites excluding steroid dienone is 2. The third-order valence-corrected chi connectivity index (χ3v) is 19.9. The zero-order chi connectivity index (χ0) is 28.8. The highest BCUT2D eigenvalue weighted by atomic mass is 32.2. The molecule has 2 nitrogen and oxygen atoms in total. The second-order valence-corrected chi connectivity index (χ2v) is 25.8. The minimum absolute atomic E-state index is 0.250. The molecule has 0 N–H and O–H groups in total. The molecule has 1 unspecified atom stereocenters. The van der Waals surface area contributed by atoms with Gasteiger partial charge in [0.05, 0.1) is 11.9 Å². The van der Waals surface area contributed by atoms with Gasteiger partial charge in [-0.1, -0.05) is 71.3 Å². The smallest absolute Gasteiger partial charge is 0.192 e. The lowest BCUT2D eigenvalue weighted by molar-refractivity contribution is 0.148. The quantitative estimate of drug-likeness (QED) is 0.0996. The average Bonchev–Trinajstić information content (AvgIpc) is 3.30. The maximum atomic E-state index is 7.08. The second-order valence-electron chi connectivity index (χ2n) is 14.9. The fourth-order valence-electron chi connectivity index (χ4n) is 5.28. The van der Waals surface area contributed by atoms with Gasteiger partial charge in [0.25, 0.3) is 0 Å². The van der Waals surface area contributed by atoms with E-state index in [1.54, 1.807) is 5.57 Å². The zero-order valence-electron chi connectivity index (χ0n) is 27.0. The van der Waals surface area contributed by atoms with E-state index in [0.717, 1.165) is 24.2 Å². The van der Waals surface area contributed by atoms with E-state index >= 15 is 0 Å². The largest absolute Gasteiger partial charge is 0.417 e. The molecule has 0 radical (unpaired) electrons. The molecule has 0 heterocycles. The van der Waals surface area contributed by atoms with Crippen LogP contribution in [0.25, 0.3) is 0 Å². The van der Waals surface area contributed by atoms with E-state index < -0.39 is 16.6 Å².